The molecule has 0 fully saturated rings. The lowest BCUT2D eigenvalue weighted by Crippen LogP contribution is -2.26. The second kappa shape index (κ2) is 7.12. The van der Waals surface area contributed by atoms with Crippen molar-refractivity contribution >= 4 is 12.3 Å². The van der Waals surface area contributed by atoms with Gasteiger partial charge in [0.15, 0.2) is 0 Å². The molecule has 0 aliphatic rings. The molecule has 0 aliphatic carbocycles. The van der Waals surface area contributed by atoms with Crippen LogP contribution in [0.25, 0.3) is 0 Å². The molecule has 6 nitrogen and oxygen atoms in total. The van der Waals surface area contributed by atoms with Crippen molar-refractivity contribution in [1.29, 1.82) is 0 Å². The van der Waals surface area contributed by atoms with Crippen molar-refractivity contribution in [2.24, 2.45) is 0 Å². The van der Waals surface area contributed by atoms with Crippen molar-refractivity contribution in [1.82, 2.24) is 0 Å². The number of hydrogen-bond acceptors (Lipinski definition) is 5. The molecular weight excluding hydrogens is 288 g/mol. The molecule has 0 bridgehead atoms. The quantitative estimate of drug-likeness (QED) is 0.672. The first-order valence-electron chi connectivity index (χ1n) is 6.50. The van der Waals surface area contributed by atoms with E-state index < -0.39 is 12.3 Å². The molecule has 0 atom stereocenters. The Balaban J connectivity index is 1.89. The van der Waals surface area contributed by atoms with E-state index >= 15 is 0 Å². The van der Waals surface area contributed by atoms with Crippen LogP contribution in [0.3, 0.4) is 0 Å². The Bertz CT molecular complexity index is 586. The lowest BCUT2D eigenvalue weighted by Gasteiger charge is -2.09. The molecule has 0 saturated carbocycles. The number of carbonyl (C=O) groups excluding carboxylic acids is 1. The Morgan fingerprint density at radius 3 is 1.59 bits per heavy atom. The molecule has 0 aliphatic heterocycles. The molecule has 0 unspecified atom stereocenters. The van der Waals surface area contributed by atoms with Gasteiger partial charge >= 0.3 is 6.16 Å². The molecule has 22 heavy (non-hydrogen) atoms. The minimum Gasteiger partial charge on any atom is -0.514 e. The van der Waals surface area contributed by atoms with Gasteiger partial charge < -0.3 is 24.5 Å². The van der Waals surface area contributed by atoms with Crippen LogP contribution in [-0.2, 0) is 12.8 Å². The maximum absolute atomic E-state index is 10.4. The van der Waals surface area contributed by atoms with Crippen LogP contribution < -0.4 is 14.6 Å². The van der Waals surface area contributed by atoms with Crippen molar-refractivity contribution in [3.8, 4) is 11.5 Å². The summed E-state index contributed by atoms with van der Waals surface area (Å²) in [5.74, 6) is 0.499. The molecular formula is C16H13O6-. The van der Waals surface area contributed by atoms with Crippen molar-refractivity contribution in [2.75, 3.05) is 0 Å². The van der Waals surface area contributed by atoms with Gasteiger partial charge in [-0.2, -0.15) is 0 Å². The second-order valence-electron chi connectivity index (χ2n) is 4.51. The van der Waals surface area contributed by atoms with Crippen molar-refractivity contribution < 1.29 is 29.3 Å². The summed E-state index contributed by atoms with van der Waals surface area (Å²) in [4.78, 5) is 20.7. The molecule has 2 aromatic carbocycles. The average Bonchev–Trinajstić information content (AvgIpc) is 2.47. The Kier molecular flexibility index (Phi) is 4.98. The summed E-state index contributed by atoms with van der Waals surface area (Å²) < 4.78 is 8.95. The number of hydrogen-bond donors (Lipinski definition) is 1. The number of carbonyl (C=O) groups is 2. The summed E-state index contributed by atoms with van der Waals surface area (Å²) in [6, 6.07) is 13.5. The monoisotopic (exact) mass is 301 g/mol. The fraction of sp³-hybridized carbons (Fsp3) is 0.125. The van der Waals surface area contributed by atoms with Crippen LogP contribution in [0.4, 0.5) is 9.59 Å². The lowest BCUT2D eigenvalue weighted by atomic mass is 10.0. The molecule has 0 heterocycles. The SMILES string of the molecule is O=C([O-])Oc1ccc(CCc2ccc(OC(=O)O)cc2)cc1. The van der Waals surface area contributed by atoms with E-state index in [0.717, 1.165) is 24.0 Å². The highest BCUT2D eigenvalue weighted by Crippen LogP contribution is 2.16. The van der Waals surface area contributed by atoms with Gasteiger partial charge in [-0.1, -0.05) is 24.3 Å². The minimum atomic E-state index is -1.59. The van der Waals surface area contributed by atoms with Gasteiger partial charge in [-0.05, 0) is 48.2 Å². The Hall–Kier alpha value is -3.02. The number of ether oxygens (including phenoxy) is 2. The number of rotatable bonds is 5. The minimum absolute atomic E-state index is 0.221. The predicted molar refractivity (Wildman–Crippen MR) is 75.0 cm³/mol. The molecule has 0 radical (unpaired) electrons. The van der Waals surface area contributed by atoms with Gasteiger partial charge in [0.05, 0.1) is 5.75 Å². The fourth-order valence-electron chi connectivity index (χ4n) is 1.93. The van der Waals surface area contributed by atoms with Gasteiger partial charge in [-0.15, -0.1) is 0 Å². The van der Waals surface area contributed by atoms with E-state index in [1.54, 1.807) is 48.5 Å². The lowest BCUT2D eigenvalue weighted by molar-refractivity contribution is -0.271. The van der Waals surface area contributed by atoms with Crippen LogP contribution in [-0.4, -0.2) is 17.4 Å². The van der Waals surface area contributed by atoms with Crippen molar-refractivity contribution in [3.63, 3.8) is 0 Å². The van der Waals surface area contributed by atoms with E-state index in [2.05, 4.69) is 9.47 Å². The predicted octanol–water partition coefficient (Wildman–Crippen LogP) is 2.25. The third-order valence-electron chi connectivity index (χ3n) is 2.96. The van der Waals surface area contributed by atoms with Crippen LogP contribution in [0.1, 0.15) is 11.1 Å². The second-order valence-corrected chi connectivity index (χ2v) is 4.51. The van der Waals surface area contributed by atoms with E-state index in [9.17, 15) is 14.7 Å². The van der Waals surface area contributed by atoms with Crippen LogP contribution in [0.15, 0.2) is 48.5 Å². The largest absolute Gasteiger partial charge is 0.514 e. The van der Waals surface area contributed by atoms with E-state index in [1.165, 1.54) is 0 Å². The fourth-order valence-corrected chi connectivity index (χ4v) is 1.93. The number of benzene rings is 2. The summed E-state index contributed by atoms with van der Waals surface area (Å²) in [6.07, 6.45) is -1.42. The van der Waals surface area contributed by atoms with Crippen LogP contribution >= 0.6 is 0 Å². The highest BCUT2D eigenvalue weighted by molar-refractivity contribution is 5.61. The Labute approximate surface area is 126 Å². The highest BCUT2D eigenvalue weighted by atomic mass is 16.7. The molecule has 0 aromatic heterocycles. The van der Waals surface area contributed by atoms with Gasteiger partial charge in [0.25, 0.3) is 6.16 Å². The van der Waals surface area contributed by atoms with E-state index in [4.69, 9.17) is 5.11 Å². The first-order chi connectivity index (χ1) is 10.5. The topological polar surface area (TPSA) is 95.9 Å². The first-order valence-corrected chi connectivity index (χ1v) is 6.50. The highest BCUT2D eigenvalue weighted by Gasteiger charge is 2.01. The maximum atomic E-state index is 10.4. The molecule has 2 aromatic rings. The molecule has 0 amide bonds. The van der Waals surface area contributed by atoms with Gasteiger partial charge in [-0.3, -0.25) is 0 Å². The first kappa shape index (κ1) is 15.4. The third-order valence-corrected chi connectivity index (χ3v) is 2.96. The maximum Gasteiger partial charge on any atom is 0.511 e. The van der Waals surface area contributed by atoms with Gasteiger partial charge in [0.1, 0.15) is 5.75 Å². The molecule has 0 spiro atoms. The molecule has 1 N–H and O–H groups in total. The summed E-state index contributed by atoms with van der Waals surface area (Å²) in [5.41, 5.74) is 2.06. The zero-order valence-corrected chi connectivity index (χ0v) is 11.5. The normalized spacial score (nSPS) is 10.0. The number of carboxylic acid groups (broad SMARTS) is 2. The zero-order chi connectivity index (χ0) is 15.9. The molecule has 114 valence electrons. The summed E-state index contributed by atoms with van der Waals surface area (Å²) in [7, 11) is 0. The van der Waals surface area contributed by atoms with Crippen LogP contribution in [0.5, 0.6) is 11.5 Å². The third kappa shape index (κ3) is 4.82. The molecule has 0 saturated heterocycles. The summed E-state index contributed by atoms with van der Waals surface area (Å²) in [5, 5.41) is 18.8. The zero-order valence-electron chi connectivity index (χ0n) is 11.5. The Morgan fingerprint density at radius 1 is 0.818 bits per heavy atom. The molecule has 2 rings (SSSR count). The smallest absolute Gasteiger partial charge is 0.511 e. The summed E-state index contributed by atoms with van der Waals surface area (Å²) in [6.45, 7) is 0. The van der Waals surface area contributed by atoms with Gasteiger partial charge in [0, 0.05) is 0 Å². The van der Waals surface area contributed by atoms with Crippen molar-refractivity contribution in [3.05, 3.63) is 59.7 Å². The van der Waals surface area contributed by atoms with Crippen molar-refractivity contribution in [2.45, 2.75) is 12.8 Å². The standard InChI is InChI=1S/C16H14O6/c17-15(18)21-13-7-3-11(4-8-13)1-2-12-5-9-14(10-6-12)22-16(19)20/h3-10H,1-2H2,(H,17,18)(H,19,20)/p-1. The van der Waals surface area contributed by atoms with E-state index in [0.29, 0.717) is 0 Å². The van der Waals surface area contributed by atoms with E-state index in [-0.39, 0.29) is 11.5 Å². The van der Waals surface area contributed by atoms with E-state index in [1.807, 2.05) is 0 Å². The Morgan fingerprint density at radius 2 is 1.23 bits per heavy atom. The summed E-state index contributed by atoms with van der Waals surface area (Å²) >= 11 is 0. The van der Waals surface area contributed by atoms with Crippen LogP contribution in [0.2, 0.25) is 0 Å². The van der Waals surface area contributed by atoms with Gasteiger partial charge in [-0.25, -0.2) is 4.79 Å². The molecule has 6 heteroatoms. The van der Waals surface area contributed by atoms with Gasteiger partial charge in [0.2, 0.25) is 0 Å². The average molecular weight is 301 g/mol. The number of aryl methyl sites for hydroxylation is 2. The van der Waals surface area contributed by atoms with Crippen LogP contribution in [0, 0.1) is 0 Å².